The molecule has 0 fully saturated rings. The molecule has 110 valence electrons. The fraction of sp³-hybridized carbons (Fsp3) is 1.00. The van der Waals surface area contributed by atoms with Crippen LogP contribution in [0.25, 0.3) is 0 Å². The van der Waals surface area contributed by atoms with Crippen LogP contribution in [0.4, 0.5) is 0 Å². The molecule has 0 aliphatic carbocycles. The molecule has 0 aromatic carbocycles. The number of halogens is 3. The van der Waals surface area contributed by atoms with Gasteiger partial charge < -0.3 is 30.0 Å². The molecule has 3 unspecified atom stereocenters. The monoisotopic (exact) mass is 338 g/mol. The van der Waals surface area contributed by atoms with Crippen LogP contribution in [-0.2, 0) is 4.57 Å². The minimum absolute atomic E-state index is 0.694. The van der Waals surface area contributed by atoms with Gasteiger partial charge in [-0.25, -0.2) is 4.57 Å². The lowest BCUT2D eigenvalue weighted by Crippen LogP contribution is -1.79. The fourth-order valence-electron chi connectivity index (χ4n) is 0. The average molecular weight is 340 g/mol. The third-order valence-electron chi connectivity index (χ3n) is 0. The average Bonchev–Trinajstić information content (AvgIpc) is 1.73. The van der Waals surface area contributed by atoms with Gasteiger partial charge in [0.2, 0.25) is 0 Å². The molecular weight excluding hydrogens is 321 g/mol. The zero-order valence-corrected chi connectivity index (χ0v) is 12.6. The second-order valence-electron chi connectivity index (χ2n) is 2.24. The van der Waals surface area contributed by atoms with Crippen molar-refractivity contribution in [3.8, 4) is 0 Å². The van der Waals surface area contributed by atoms with Crippen molar-refractivity contribution in [3.05, 3.63) is 0 Å². The number of aliphatic hydroxyl groups excluding tert-OH is 3. The Kier molecular flexibility index (Phi) is 26.2. The molecule has 0 heterocycles. The summed E-state index contributed by atoms with van der Waals surface area (Å²) in [6.07, 6.45) is 0. The van der Waals surface area contributed by atoms with Crippen molar-refractivity contribution in [2.24, 2.45) is 0 Å². The Morgan fingerprint density at radius 3 is 0.765 bits per heavy atom. The Balaban J connectivity index is -0.0000000667. The van der Waals surface area contributed by atoms with E-state index in [4.69, 9.17) is 69.4 Å². The van der Waals surface area contributed by atoms with E-state index in [1.807, 2.05) is 0 Å². The van der Waals surface area contributed by atoms with Crippen molar-refractivity contribution in [1.29, 1.82) is 0 Å². The molecule has 0 radical (unpaired) electrons. The quantitative estimate of drug-likeness (QED) is 0.283. The third-order valence-corrected chi connectivity index (χ3v) is 0. The van der Waals surface area contributed by atoms with E-state index in [0.29, 0.717) is 0 Å². The van der Waals surface area contributed by atoms with Gasteiger partial charge in [-0.3, -0.25) is 0 Å². The Morgan fingerprint density at radius 1 is 0.765 bits per heavy atom. The maximum atomic E-state index is 8.88. The third kappa shape index (κ3) is 5030. The normalized spacial score (nSPS) is 14.6. The molecule has 0 bridgehead atoms. The van der Waals surface area contributed by atoms with Crippen molar-refractivity contribution >= 4 is 42.6 Å². The molecule has 0 aromatic heterocycles. The minimum atomic E-state index is -4.64. The van der Waals surface area contributed by atoms with Gasteiger partial charge in [0.15, 0.2) is 0 Å². The van der Waals surface area contributed by atoms with Crippen LogP contribution in [0.3, 0.4) is 0 Å². The first-order valence-electron chi connectivity index (χ1n) is 3.94. The van der Waals surface area contributed by atoms with Crippen molar-refractivity contribution in [3.63, 3.8) is 0 Å². The lowest BCUT2D eigenvalue weighted by atomic mass is 10.9. The first-order chi connectivity index (χ1) is 7.20. The predicted octanol–water partition coefficient (Wildman–Crippen LogP) is 0.762. The number of phosphoric acid groups is 1. The lowest BCUT2D eigenvalue weighted by Gasteiger charge is -1.82. The zero-order valence-electron chi connectivity index (χ0n) is 9.40. The molecule has 7 nitrogen and oxygen atoms in total. The Bertz CT molecular complexity index is 142. The molecule has 0 aliphatic heterocycles. The SMILES string of the molecule is CC(O)Cl.CC(O)Cl.CC(O)Cl.O=P(O)(O)O. The maximum absolute atomic E-state index is 8.88. The van der Waals surface area contributed by atoms with Gasteiger partial charge in [0.25, 0.3) is 0 Å². The zero-order chi connectivity index (χ0) is 15.2. The minimum Gasteiger partial charge on any atom is -0.378 e. The molecule has 0 spiro atoms. The van der Waals surface area contributed by atoms with Crippen LogP contribution in [0.15, 0.2) is 0 Å². The molecule has 0 aromatic rings. The molecule has 0 saturated carbocycles. The van der Waals surface area contributed by atoms with E-state index in [9.17, 15) is 0 Å². The second kappa shape index (κ2) is 16.9. The molecule has 0 saturated heterocycles. The van der Waals surface area contributed by atoms with Gasteiger partial charge in [-0.1, -0.05) is 34.8 Å². The van der Waals surface area contributed by atoms with Gasteiger partial charge >= 0.3 is 7.82 Å². The van der Waals surface area contributed by atoms with Crippen LogP contribution in [0, 0.1) is 0 Å². The van der Waals surface area contributed by atoms with Crippen LogP contribution < -0.4 is 0 Å². The van der Waals surface area contributed by atoms with Gasteiger partial charge in [0, 0.05) is 0 Å². The molecular formula is C6H18Cl3O7P. The second-order valence-corrected chi connectivity index (χ2v) is 5.16. The molecule has 17 heavy (non-hydrogen) atoms. The summed E-state index contributed by atoms with van der Waals surface area (Å²) in [5.74, 6) is 0. The lowest BCUT2D eigenvalue weighted by molar-refractivity contribution is 0.274. The summed E-state index contributed by atoms with van der Waals surface area (Å²) in [4.78, 5) is 21.6. The van der Waals surface area contributed by atoms with Crippen molar-refractivity contribution in [2.75, 3.05) is 0 Å². The number of alkyl halides is 3. The van der Waals surface area contributed by atoms with E-state index < -0.39 is 24.5 Å². The smallest absolute Gasteiger partial charge is 0.378 e. The maximum Gasteiger partial charge on any atom is 0.466 e. The number of aliphatic hydroxyl groups is 3. The number of rotatable bonds is 0. The molecule has 0 amide bonds. The van der Waals surface area contributed by atoms with Crippen LogP contribution in [0.1, 0.15) is 20.8 Å². The first kappa shape index (κ1) is 26.4. The largest absolute Gasteiger partial charge is 0.466 e. The highest BCUT2D eigenvalue weighted by Crippen LogP contribution is 2.25. The summed E-state index contributed by atoms with van der Waals surface area (Å²) in [5.41, 5.74) is -2.08. The summed E-state index contributed by atoms with van der Waals surface area (Å²) in [7, 11) is -4.64. The summed E-state index contributed by atoms with van der Waals surface area (Å²) >= 11 is 14.5. The first-order valence-corrected chi connectivity index (χ1v) is 6.82. The summed E-state index contributed by atoms with van der Waals surface area (Å²) in [6, 6.07) is 0. The highest BCUT2D eigenvalue weighted by Gasteiger charge is 2.00. The van der Waals surface area contributed by atoms with E-state index in [2.05, 4.69) is 0 Å². The van der Waals surface area contributed by atoms with Crippen LogP contribution in [-0.4, -0.2) is 46.7 Å². The molecule has 0 aliphatic rings. The highest BCUT2D eigenvalue weighted by molar-refractivity contribution is 7.45. The summed E-state index contributed by atoms with van der Waals surface area (Å²) < 4.78 is 8.88. The van der Waals surface area contributed by atoms with E-state index in [1.165, 1.54) is 20.8 Å². The molecule has 3 atom stereocenters. The standard InChI is InChI=1S/3C2H5ClO.H3O4P/c3*1-2(3)4;1-5(2,3)4/h3*2,4H,1H3;(H3,1,2,3,4). The Morgan fingerprint density at radius 2 is 0.765 bits per heavy atom. The Hall–Kier alpha value is 0.860. The molecule has 11 heteroatoms. The van der Waals surface area contributed by atoms with Gasteiger partial charge in [-0.05, 0) is 20.8 Å². The van der Waals surface area contributed by atoms with Gasteiger partial charge in [-0.2, -0.15) is 0 Å². The highest BCUT2D eigenvalue weighted by atomic mass is 35.5. The van der Waals surface area contributed by atoms with Crippen molar-refractivity contribution < 1.29 is 34.6 Å². The number of hydrogen-bond acceptors (Lipinski definition) is 4. The predicted molar refractivity (Wildman–Crippen MR) is 66.9 cm³/mol. The van der Waals surface area contributed by atoms with Crippen LogP contribution in [0.5, 0.6) is 0 Å². The van der Waals surface area contributed by atoms with Crippen molar-refractivity contribution in [2.45, 2.75) is 37.5 Å². The Labute approximate surface area is 115 Å². The van der Waals surface area contributed by atoms with E-state index in [1.54, 1.807) is 0 Å². The van der Waals surface area contributed by atoms with Gasteiger partial charge in [-0.15, -0.1) is 0 Å². The van der Waals surface area contributed by atoms with E-state index in [-0.39, 0.29) is 0 Å². The van der Waals surface area contributed by atoms with Gasteiger partial charge in [0.1, 0.15) is 16.7 Å². The fourth-order valence-corrected chi connectivity index (χ4v) is 0. The van der Waals surface area contributed by atoms with Gasteiger partial charge in [0.05, 0.1) is 0 Å². The van der Waals surface area contributed by atoms with Crippen LogP contribution in [0.2, 0.25) is 0 Å². The van der Waals surface area contributed by atoms with E-state index in [0.717, 1.165) is 0 Å². The molecule has 0 rings (SSSR count). The van der Waals surface area contributed by atoms with Crippen LogP contribution >= 0.6 is 42.6 Å². The van der Waals surface area contributed by atoms with Crippen molar-refractivity contribution in [1.82, 2.24) is 0 Å². The number of hydrogen-bond donors (Lipinski definition) is 6. The topological polar surface area (TPSA) is 138 Å². The van der Waals surface area contributed by atoms with E-state index >= 15 is 0 Å². The summed E-state index contributed by atoms with van der Waals surface area (Å²) in [5, 5.41) is 23.5. The molecule has 6 N–H and O–H groups in total. The summed E-state index contributed by atoms with van der Waals surface area (Å²) in [6.45, 7) is 4.46.